The monoisotopic (exact) mass is 463 g/mol. The smallest absolute Gasteiger partial charge is 0.412 e. The van der Waals surface area contributed by atoms with E-state index < -0.39 is 42.4 Å². The van der Waals surface area contributed by atoms with Gasteiger partial charge < -0.3 is 24.0 Å². The summed E-state index contributed by atoms with van der Waals surface area (Å²) in [5.41, 5.74) is 0.844. The zero-order valence-electron chi connectivity index (χ0n) is 19.9. The van der Waals surface area contributed by atoms with E-state index in [0.29, 0.717) is 32.4 Å². The lowest BCUT2D eigenvalue weighted by molar-refractivity contribution is -0.175. The Hall–Kier alpha value is -3.17. The molecule has 33 heavy (non-hydrogen) atoms. The van der Waals surface area contributed by atoms with Gasteiger partial charge in [-0.05, 0) is 30.9 Å². The molecule has 10 nitrogen and oxygen atoms in total. The molecule has 2 rings (SSSR count). The molecule has 0 spiro atoms. The molecule has 182 valence electrons. The van der Waals surface area contributed by atoms with Crippen molar-refractivity contribution >= 4 is 23.9 Å². The number of pyridine rings is 1. The van der Waals surface area contributed by atoms with Gasteiger partial charge in [0.05, 0.1) is 0 Å². The van der Waals surface area contributed by atoms with E-state index in [1.807, 2.05) is 18.2 Å². The van der Waals surface area contributed by atoms with E-state index in [2.05, 4.69) is 4.98 Å². The quantitative estimate of drug-likeness (QED) is 0.404. The van der Waals surface area contributed by atoms with Crippen LogP contribution in [0.15, 0.2) is 24.4 Å². The third kappa shape index (κ3) is 7.73. The number of likely N-dealkylation sites (tertiary alicyclic amines) is 1. The van der Waals surface area contributed by atoms with Crippen LogP contribution in [0.2, 0.25) is 0 Å². The van der Waals surface area contributed by atoms with Gasteiger partial charge in [-0.15, -0.1) is 0 Å². The molecule has 0 radical (unpaired) electrons. The molecule has 1 saturated heterocycles. The number of ether oxygens (including phenoxy) is 3. The molecule has 2 amide bonds. The fourth-order valence-corrected chi connectivity index (χ4v) is 3.51. The van der Waals surface area contributed by atoms with E-state index in [0.717, 1.165) is 5.69 Å². The van der Waals surface area contributed by atoms with Gasteiger partial charge in [-0.1, -0.05) is 19.9 Å². The Labute approximate surface area is 194 Å². The number of carbonyl (C=O) groups is 4. The molecule has 1 aromatic rings. The minimum absolute atomic E-state index is 0.250. The molecule has 0 aliphatic carbocycles. The fourth-order valence-electron chi connectivity index (χ4n) is 3.51. The molecular formula is C23H33N3O7. The topological polar surface area (TPSA) is 115 Å². The number of amides is 2. The van der Waals surface area contributed by atoms with Crippen molar-refractivity contribution in [1.29, 1.82) is 0 Å². The van der Waals surface area contributed by atoms with Gasteiger partial charge in [0.2, 0.25) is 6.29 Å². The zero-order valence-corrected chi connectivity index (χ0v) is 19.9. The number of esters is 2. The minimum atomic E-state index is -1.13. The summed E-state index contributed by atoms with van der Waals surface area (Å²) in [6.45, 7) is 6.95. The van der Waals surface area contributed by atoms with E-state index in [4.69, 9.17) is 14.2 Å². The Morgan fingerprint density at radius 2 is 1.88 bits per heavy atom. The van der Waals surface area contributed by atoms with Gasteiger partial charge in [0.1, 0.15) is 6.04 Å². The number of carbonyl (C=O) groups excluding carboxylic acids is 4. The molecule has 0 bridgehead atoms. The van der Waals surface area contributed by atoms with Crippen LogP contribution >= 0.6 is 0 Å². The van der Waals surface area contributed by atoms with E-state index in [1.54, 1.807) is 27.1 Å². The van der Waals surface area contributed by atoms with Crippen LogP contribution in [-0.4, -0.2) is 77.3 Å². The van der Waals surface area contributed by atoms with E-state index in [-0.39, 0.29) is 5.92 Å². The molecule has 0 aromatic carbocycles. The van der Waals surface area contributed by atoms with Gasteiger partial charge in [-0.25, -0.2) is 9.59 Å². The molecule has 1 aliphatic rings. The summed E-state index contributed by atoms with van der Waals surface area (Å²) in [6, 6.07) is 4.73. The number of hydrogen-bond donors (Lipinski definition) is 0. The number of rotatable bonds is 9. The van der Waals surface area contributed by atoms with Crippen molar-refractivity contribution in [3.05, 3.63) is 30.1 Å². The molecule has 1 aromatic heterocycles. The van der Waals surface area contributed by atoms with Crippen molar-refractivity contribution in [2.45, 2.75) is 65.4 Å². The Kier molecular flexibility index (Phi) is 9.62. The summed E-state index contributed by atoms with van der Waals surface area (Å²) < 4.78 is 15.7. The zero-order chi connectivity index (χ0) is 24.5. The Morgan fingerprint density at radius 3 is 2.48 bits per heavy atom. The van der Waals surface area contributed by atoms with Crippen molar-refractivity contribution in [2.75, 3.05) is 20.1 Å². The number of hydrogen-bond acceptors (Lipinski definition) is 8. The third-order valence-electron chi connectivity index (χ3n) is 5.24. The average Bonchev–Trinajstić information content (AvgIpc) is 3.25. The summed E-state index contributed by atoms with van der Waals surface area (Å²) in [5, 5.41) is 0. The standard InChI is InChI=1S/C23H33N3O7/c1-15(2)20(31-16(3)27)21(28)26-13-8-10-19(26)22(29)32-17(4)33-23(30)25(5)14-11-18-9-6-7-12-24-18/h6-7,9,12,15,17,19-20H,8,10-11,13-14H2,1-5H3/t17?,19-,20+/m1/s1. The average molecular weight is 464 g/mol. The lowest BCUT2D eigenvalue weighted by Gasteiger charge is -2.29. The summed E-state index contributed by atoms with van der Waals surface area (Å²) in [4.78, 5) is 56.3. The van der Waals surface area contributed by atoms with Crippen molar-refractivity contribution < 1.29 is 33.4 Å². The lowest BCUT2D eigenvalue weighted by atomic mass is 10.1. The van der Waals surface area contributed by atoms with Gasteiger partial charge in [0, 0.05) is 52.3 Å². The van der Waals surface area contributed by atoms with Gasteiger partial charge in [0.15, 0.2) is 6.10 Å². The molecule has 1 aliphatic heterocycles. The first-order chi connectivity index (χ1) is 15.6. The first-order valence-electron chi connectivity index (χ1n) is 11.1. The van der Waals surface area contributed by atoms with Gasteiger partial charge in [-0.2, -0.15) is 0 Å². The lowest BCUT2D eigenvalue weighted by Crippen LogP contribution is -2.49. The summed E-state index contributed by atoms with van der Waals surface area (Å²) in [7, 11) is 1.58. The second kappa shape index (κ2) is 12.2. The van der Waals surface area contributed by atoms with Crippen LogP contribution in [0.4, 0.5) is 4.79 Å². The van der Waals surface area contributed by atoms with Crippen LogP contribution in [0.1, 0.15) is 46.2 Å². The Balaban J connectivity index is 1.88. The first-order valence-corrected chi connectivity index (χ1v) is 11.1. The highest BCUT2D eigenvalue weighted by Gasteiger charge is 2.40. The van der Waals surface area contributed by atoms with E-state index >= 15 is 0 Å². The van der Waals surface area contributed by atoms with Gasteiger partial charge in [0.25, 0.3) is 5.91 Å². The SMILES string of the molecule is CC(=O)O[C@H](C(=O)N1CCC[C@@H]1C(=O)OC(C)OC(=O)N(C)CCc1ccccn1)C(C)C. The summed E-state index contributed by atoms with van der Waals surface area (Å²) in [5.74, 6) is -1.91. The number of nitrogens with zero attached hydrogens (tertiary/aromatic N) is 3. The van der Waals surface area contributed by atoms with Crippen LogP contribution in [0.3, 0.4) is 0 Å². The number of likely N-dealkylation sites (N-methyl/N-ethyl adjacent to an activating group) is 1. The van der Waals surface area contributed by atoms with Crippen LogP contribution < -0.4 is 0 Å². The molecule has 2 heterocycles. The first kappa shape index (κ1) is 26.1. The molecule has 10 heteroatoms. The summed E-state index contributed by atoms with van der Waals surface area (Å²) >= 11 is 0. The fraction of sp³-hybridized carbons (Fsp3) is 0.609. The largest absolute Gasteiger partial charge is 0.452 e. The van der Waals surface area contributed by atoms with Crippen LogP contribution in [-0.2, 0) is 35.0 Å². The predicted molar refractivity (Wildman–Crippen MR) is 118 cm³/mol. The highest BCUT2D eigenvalue weighted by Crippen LogP contribution is 2.23. The second-order valence-corrected chi connectivity index (χ2v) is 8.34. The second-order valence-electron chi connectivity index (χ2n) is 8.34. The van der Waals surface area contributed by atoms with Gasteiger partial charge >= 0.3 is 18.0 Å². The normalized spacial score (nSPS) is 17.3. The van der Waals surface area contributed by atoms with Gasteiger partial charge in [-0.3, -0.25) is 14.6 Å². The van der Waals surface area contributed by atoms with E-state index in [9.17, 15) is 19.2 Å². The van der Waals surface area contributed by atoms with Crippen molar-refractivity contribution in [2.24, 2.45) is 5.92 Å². The maximum Gasteiger partial charge on any atom is 0.412 e. The number of aromatic nitrogens is 1. The highest BCUT2D eigenvalue weighted by atomic mass is 16.7. The molecule has 0 N–H and O–H groups in total. The maximum absolute atomic E-state index is 12.9. The molecule has 1 unspecified atom stereocenters. The third-order valence-corrected chi connectivity index (χ3v) is 5.24. The van der Waals surface area contributed by atoms with Crippen LogP contribution in [0, 0.1) is 5.92 Å². The summed E-state index contributed by atoms with van der Waals surface area (Å²) in [6.07, 6.45) is 0.524. The van der Waals surface area contributed by atoms with Crippen molar-refractivity contribution in [3.8, 4) is 0 Å². The molecule has 1 fully saturated rings. The van der Waals surface area contributed by atoms with Crippen molar-refractivity contribution in [3.63, 3.8) is 0 Å². The predicted octanol–water partition coefficient (Wildman–Crippen LogP) is 2.16. The molecule has 3 atom stereocenters. The van der Waals surface area contributed by atoms with Crippen LogP contribution in [0.25, 0.3) is 0 Å². The molecule has 0 saturated carbocycles. The molecular weight excluding hydrogens is 430 g/mol. The maximum atomic E-state index is 12.9. The Bertz CT molecular complexity index is 831. The van der Waals surface area contributed by atoms with Crippen molar-refractivity contribution in [1.82, 2.24) is 14.8 Å². The van der Waals surface area contributed by atoms with E-state index in [1.165, 1.54) is 23.6 Å². The highest BCUT2D eigenvalue weighted by molar-refractivity contribution is 5.89. The van der Waals surface area contributed by atoms with Crippen LogP contribution in [0.5, 0.6) is 0 Å². The Morgan fingerprint density at radius 1 is 1.15 bits per heavy atom. The minimum Gasteiger partial charge on any atom is -0.452 e.